The molecule has 5 heteroatoms. The summed E-state index contributed by atoms with van der Waals surface area (Å²) in [4.78, 5) is 13.0. The van der Waals surface area contributed by atoms with Gasteiger partial charge < -0.3 is 10.5 Å². The first-order valence-electron chi connectivity index (χ1n) is 5.30. The Balaban J connectivity index is 2.36. The molecular weight excluding hydrogens is 253 g/mol. The Morgan fingerprint density at radius 1 is 1.44 bits per heavy atom. The number of Topliss-reactive ketones (excluding diaryl/α,β-unsaturated/α-hetero) is 1. The molecule has 0 aliphatic carbocycles. The van der Waals surface area contributed by atoms with Crippen LogP contribution in [0.4, 0.5) is 4.39 Å². The normalized spacial score (nSPS) is 12.2. The molecule has 0 saturated heterocycles. The summed E-state index contributed by atoms with van der Waals surface area (Å²) in [7, 11) is 1.43. The SMILES string of the molecule is COc1ccc(F)cc1C(=O)C(N)c1cccs1. The summed E-state index contributed by atoms with van der Waals surface area (Å²) in [5.74, 6) is -0.514. The predicted molar refractivity (Wildman–Crippen MR) is 68.5 cm³/mol. The summed E-state index contributed by atoms with van der Waals surface area (Å²) in [6, 6.07) is 6.61. The van der Waals surface area contributed by atoms with Gasteiger partial charge in [-0.15, -0.1) is 11.3 Å². The molecule has 2 N–H and O–H groups in total. The summed E-state index contributed by atoms with van der Waals surface area (Å²) in [6.07, 6.45) is 0. The fraction of sp³-hybridized carbons (Fsp3) is 0.154. The van der Waals surface area contributed by atoms with Gasteiger partial charge in [0.15, 0.2) is 5.78 Å². The first kappa shape index (κ1) is 12.7. The number of rotatable bonds is 4. The fourth-order valence-corrected chi connectivity index (χ4v) is 2.36. The van der Waals surface area contributed by atoms with E-state index in [4.69, 9.17) is 10.5 Å². The highest BCUT2D eigenvalue weighted by Crippen LogP contribution is 2.26. The fourth-order valence-electron chi connectivity index (χ4n) is 1.64. The molecule has 0 aliphatic rings. The van der Waals surface area contributed by atoms with Gasteiger partial charge in [-0.05, 0) is 29.6 Å². The van der Waals surface area contributed by atoms with Gasteiger partial charge in [0.1, 0.15) is 17.6 Å². The lowest BCUT2D eigenvalue weighted by atomic mass is 10.0. The number of methoxy groups -OCH3 is 1. The lowest BCUT2D eigenvalue weighted by molar-refractivity contribution is 0.0959. The highest BCUT2D eigenvalue weighted by Gasteiger charge is 2.22. The Morgan fingerprint density at radius 2 is 2.22 bits per heavy atom. The van der Waals surface area contributed by atoms with Crippen molar-refractivity contribution in [1.29, 1.82) is 0 Å². The van der Waals surface area contributed by atoms with Gasteiger partial charge in [-0.3, -0.25) is 4.79 Å². The summed E-state index contributed by atoms with van der Waals surface area (Å²) in [6.45, 7) is 0. The number of hydrogen-bond donors (Lipinski definition) is 1. The van der Waals surface area contributed by atoms with Crippen molar-refractivity contribution >= 4 is 17.1 Å². The average molecular weight is 265 g/mol. The molecule has 1 atom stereocenters. The van der Waals surface area contributed by atoms with Crippen molar-refractivity contribution in [3.05, 3.63) is 52.0 Å². The molecule has 3 nitrogen and oxygen atoms in total. The third-order valence-electron chi connectivity index (χ3n) is 2.56. The van der Waals surface area contributed by atoms with Crippen molar-refractivity contribution in [3.63, 3.8) is 0 Å². The maximum Gasteiger partial charge on any atom is 0.188 e. The van der Waals surface area contributed by atoms with Crippen LogP contribution in [0.2, 0.25) is 0 Å². The van der Waals surface area contributed by atoms with Crippen molar-refractivity contribution in [2.75, 3.05) is 7.11 Å². The Bertz CT molecular complexity index is 554. The Morgan fingerprint density at radius 3 is 2.83 bits per heavy atom. The average Bonchev–Trinajstić information content (AvgIpc) is 2.90. The van der Waals surface area contributed by atoms with E-state index in [-0.39, 0.29) is 11.3 Å². The molecule has 1 heterocycles. The minimum atomic E-state index is -0.791. The Kier molecular flexibility index (Phi) is 3.74. The lowest BCUT2D eigenvalue weighted by Gasteiger charge is -2.12. The van der Waals surface area contributed by atoms with Crippen molar-refractivity contribution < 1.29 is 13.9 Å². The van der Waals surface area contributed by atoms with Crippen LogP contribution in [0.1, 0.15) is 21.3 Å². The molecule has 0 amide bonds. The largest absolute Gasteiger partial charge is 0.496 e. The van der Waals surface area contributed by atoms with Crippen molar-refractivity contribution in [3.8, 4) is 5.75 Å². The molecule has 94 valence electrons. The van der Waals surface area contributed by atoms with Gasteiger partial charge in [0.2, 0.25) is 0 Å². The number of hydrogen-bond acceptors (Lipinski definition) is 4. The van der Waals surface area contributed by atoms with Crippen LogP contribution in [-0.4, -0.2) is 12.9 Å². The van der Waals surface area contributed by atoms with Crippen LogP contribution >= 0.6 is 11.3 Å². The number of thiophene rings is 1. The summed E-state index contributed by atoms with van der Waals surface area (Å²) in [5.41, 5.74) is 6.04. The number of benzene rings is 1. The third kappa shape index (κ3) is 2.42. The molecule has 0 saturated carbocycles. The molecular formula is C13H12FNO2S. The van der Waals surface area contributed by atoms with Gasteiger partial charge in [0, 0.05) is 4.88 Å². The first-order valence-corrected chi connectivity index (χ1v) is 6.18. The van der Waals surface area contributed by atoms with Crippen molar-refractivity contribution in [2.45, 2.75) is 6.04 Å². The highest BCUT2D eigenvalue weighted by molar-refractivity contribution is 7.10. The van der Waals surface area contributed by atoms with Crippen molar-refractivity contribution in [1.82, 2.24) is 0 Å². The van der Waals surface area contributed by atoms with Gasteiger partial charge in [-0.1, -0.05) is 6.07 Å². The van der Waals surface area contributed by atoms with E-state index in [0.717, 1.165) is 10.9 Å². The van der Waals surface area contributed by atoms with E-state index in [1.54, 1.807) is 6.07 Å². The molecule has 1 aromatic carbocycles. The van der Waals surface area contributed by atoms with E-state index >= 15 is 0 Å². The topological polar surface area (TPSA) is 52.3 Å². The Labute approximate surface area is 108 Å². The molecule has 0 bridgehead atoms. The number of carbonyl (C=O) groups excluding carboxylic acids is 1. The molecule has 18 heavy (non-hydrogen) atoms. The van der Waals surface area contributed by atoms with Crippen LogP contribution < -0.4 is 10.5 Å². The van der Waals surface area contributed by atoms with Crippen LogP contribution in [0.3, 0.4) is 0 Å². The van der Waals surface area contributed by atoms with Crippen LogP contribution in [-0.2, 0) is 0 Å². The van der Waals surface area contributed by atoms with Gasteiger partial charge in [-0.2, -0.15) is 0 Å². The zero-order valence-corrected chi connectivity index (χ0v) is 10.5. The van der Waals surface area contributed by atoms with Gasteiger partial charge >= 0.3 is 0 Å². The van der Waals surface area contributed by atoms with Gasteiger partial charge in [0.05, 0.1) is 12.7 Å². The lowest BCUT2D eigenvalue weighted by Crippen LogP contribution is -2.21. The van der Waals surface area contributed by atoms with Crippen LogP contribution in [0.15, 0.2) is 35.7 Å². The number of ketones is 1. The van der Waals surface area contributed by atoms with Crippen LogP contribution in [0.5, 0.6) is 5.75 Å². The molecule has 2 rings (SSSR count). The first-order chi connectivity index (χ1) is 8.63. The minimum absolute atomic E-state index is 0.165. The second-order valence-corrected chi connectivity index (χ2v) is 4.68. The monoisotopic (exact) mass is 265 g/mol. The van der Waals surface area contributed by atoms with Crippen molar-refractivity contribution in [2.24, 2.45) is 5.73 Å². The van der Waals surface area contributed by atoms with E-state index in [9.17, 15) is 9.18 Å². The number of nitrogens with two attached hydrogens (primary N) is 1. The summed E-state index contributed by atoms with van der Waals surface area (Å²) >= 11 is 1.39. The standard InChI is InChI=1S/C13H12FNO2S/c1-17-10-5-4-8(14)7-9(10)13(16)12(15)11-3-2-6-18-11/h2-7,12H,15H2,1H3. The molecule has 0 fully saturated rings. The Hall–Kier alpha value is -1.72. The van der Waals surface area contributed by atoms with E-state index in [1.807, 2.05) is 11.4 Å². The number of carbonyl (C=O) groups is 1. The third-order valence-corrected chi connectivity index (χ3v) is 3.51. The summed E-state index contributed by atoms with van der Waals surface area (Å²) < 4.78 is 18.3. The van der Waals surface area contributed by atoms with E-state index in [1.165, 1.54) is 30.6 Å². The molecule has 1 unspecified atom stereocenters. The van der Waals surface area contributed by atoms with Gasteiger partial charge in [-0.25, -0.2) is 4.39 Å². The quantitative estimate of drug-likeness (QED) is 0.865. The maximum atomic E-state index is 13.2. The molecule has 0 aliphatic heterocycles. The van der Waals surface area contributed by atoms with Crippen LogP contribution in [0, 0.1) is 5.82 Å². The van der Waals surface area contributed by atoms with E-state index in [2.05, 4.69) is 0 Å². The minimum Gasteiger partial charge on any atom is -0.496 e. The highest BCUT2D eigenvalue weighted by atomic mass is 32.1. The maximum absolute atomic E-state index is 13.2. The zero-order valence-electron chi connectivity index (χ0n) is 9.72. The smallest absolute Gasteiger partial charge is 0.188 e. The second-order valence-electron chi connectivity index (χ2n) is 3.70. The molecule has 1 aromatic heterocycles. The van der Waals surface area contributed by atoms with Crippen LogP contribution in [0.25, 0.3) is 0 Å². The predicted octanol–water partition coefficient (Wildman–Crippen LogP) is 2.78. The van der Waals surface area contributed by atoms with E-state index in [0.29, 0.717) is 5.75 Å². The number of ether oxygens (including phenoxy) is 1. The molecule has 0 spiro atoms. The summed E-state index contributed by atoms with van der Waals surface area (Å²) in [5, 5.41) is 1.84. The number of halogens is 1. The molecule has 2 aromatic rings. The van der Waals surface area contributed by atoms with Gasteiger partial charge in [0.25, 0.3) is 0 Å². The van der Waals surface area contributed by atoms with E-state index < -0.39 is 11.9 Å². The zero-order chi connectivity index (χ0) is 13.1. The second kappa shape index (κ2) is 5.29. The molecule has 0 radical (unpaired) electrons.